The van der Waals surface area contributed by atoms with Crippen molar-refractivity contribution in [3.63, 3.8) is 0 Å². The highest BCUT2D eigenvalue weighted by Crippen LogP contribution is 2.23. The monoisotopic (exact) mass is 283 g/mol. The van der Waals surface area contributed by atoms with Crippen molar-refractivity contribution in [1.82, 2.24) is 0 Å². The van der Waals surface area contributed by atoms with E-state index in [-0.39, 0.29) is 11.9 Å². The van der Waals surface area contributed by atoms with Gasteiger partial charge < -0.3 is 14.8 Å². The number of carbonyl (C=O) groups excluding carboxylic acids is 1. The second-order valence-corrected chi connectivity index (χ2v) is 5.07. The van der Waals surface area contributed by atoms with Crippen LogP contribution in [0.1, 0.15) is 12.8 Å². The lowest BCUT2D eigenvalue weighted by molar-refractivity contribution is -0.144. The number of hydrogen-bond donors (Lipinski definition) is 1. The molecule has 0 aromatic heterocycles. The minimum Gasteiger partial charge on any atom is -0.467 e. The van der Waals surface area contributed by atoms with Crippen LogP contribution < -0.4 is 5.32 Å². The zero-order valence-corrected chi connectivity index (χ0v) is 11.7. The molecule has 19 heavy (non-hydrogen) atoms. The van der Waals surface area contributed by atoms with Gasteiger partial charge in [0, 0.05) is 23.2 Å². The maximum absolute atomic E-state index is 11.9. The predicted molar refractivity (Wildman–Crippen MR) is 74.4 cm³/mol. The molecule has 1 aromatic carbocycles. The summed E-state index contributed by atoms with van der Waals surface area (Å²) in [6.45, 7) is 1.34. The first kappa shape index (κ1) is 14.2. The van der Waals surface area contributed by atoms with Gasteiger partial charge in [0.1, 0.15) is 6.04 Å². The molecule has 0 radical (unpaired) electrons. The fourth-order valence-electron chi connectivity index (χ4n) is 2.28. The van der Waals surface area contributed by atoms with E-state index in [1.807, 2.05) is 12.1 Å². The molecule has 1 aliphatic rings. The van der Waals surface area contributed by atoms with E-state index >= 15 is 0 Å². The number of halogens is 1. The summed E-state index contributed by atoms with van der Waals surface area (Å²) in [6, 6.07) is 6.91. The van der Waals surface area contributed by atoms with Gasteiger partial charge in [0.25, 0.3) is 0 Å². The maximum Gasteiger partial charge on any atom is 0.328 e. The molecular formula is C14H18ClNO3. The molecule has 104 valence electrons. The normalized spacial score (nSPS) is 20.6. The third kappa shape index (κ3) is 3.85. The summed E-state index contributed by atoms with van der Waals surface area (Å²) in [5.74, 6) is -0.143. The van der Waals surface area contributed by atoms with Crippen LogP contribution >= 0.6 is 11.6 Å². The Morgan fingerprint density at radius 2 is 2.42 bits per heavy atom. The fourth-order valence-corrected chi connectivity index (χ4v) is 2.47. The van der Waals surface area contributed by atoms with Gasteiger partial charge in [-0.3, -0.25) is 0 Å². The summed E-state index contributed by atoms with van der Waals surface area (Å²) in [5.41, 5.74) is 0.813. The molecule has 1 heterocycles. The van der Waals surface area contributed by atoms with Crippen LogP contribution in [-0.2, 0) is 14.3 Å². The van der Waals surface area contributed by atoms with Gasteiger partial charge in [0.15, 0.2) is 0 Å². The first-order valence-corrected chi connectivity index (χ1v) is 6.76. The average molecular weight is 284 g/mol. The van der Waals surface area contributed by atoms with E-state index in [4.69, 9.17) is 21.1 Å². The maximum atomic E-state index is 11.9. The van der Waals surface area contributed by atoms with Crippen molar-refractivity contribution in [2.24, 2.45) is 5.92 Å². The van der Waals surface area contributed by atoms with Gasteiger partial charge in [0.2, 0.25) is 0 Å². The van der Waals surface area contributed by atoms with Gasteiger partial charge in [0.05, 0.1) is 13.7 Å². The smallest absolute Gasteiger partial charge is 0.328 e. The lowest BCUT2D eigenvalue weighted by Gasteiger charge is -2.29. The number of nitrogens with one attached hydrogen (secondary N) is 1. The van der Waals surface area contributed by atoms with Crippen molar-refractivity contribution < 1.29 is 14.3 Å². The Balaban J connectivity index is 2.11. The average Bonchev–Trinajstić information content (AvgIpc) is 2.45. The molecule has 0 amide bonds. The minimum absolute atomic E-state index is 0.125. The van der Waals surface area contributed by atoms with Crippen LogP contribution in [0, 0.1) is 5.92 Å². The molecule has 1 aliphatic heterocycles. The number of carbonyl (C=O) groups is 1. The van der Waals surface area contributed by atoms with E-state index in [0.717, 1.165) is 25.1 Å². The third-order valence-electron chi connectivity index (χ3n) is 3.27. The fraction of sp³-hybridized carbons (Fsp3) is 0.500. The van der Waals surface area contributed by atoms with Gasteiger partial charge in [-0.05, 0) is 31.0 Å². The summed E-state index contributed by atoms with van der Waals surface area (Å²) in [4.78, 5) is 11.9. The number of esters is 1. The first-order chi connectivity index (χ1) is 9.20. The zero-order chi connectivity index (χ0) is 13.7. The quantitative estimate of drug-likeness (QED) is 0.863. The Bertz CT molecular complexity index is 432. The molecule has 1 saturated heterocycles. The number of hydrogen-bond acceptors (Lipinski definition) is 4. The van der Waals surface area contributed by atoms with E-state index in [1.54, 1.807) is 12.1 Å². The molecule has 1 N–H and O–H groups in total. The predicted octanol–water partition coefficient (Wildman–Crippen LogP) is 2.72. The van der Waals surface area contributed by atoms with Crippen LogP contribution in [0.5, 0.6) is 0 Å². The van der Waals surface area contributed by atoms with Crippen LogP contribution in [-0.4, -0.2) is 32.3 Å². The third-order valence-corrected chi connectivity index (χ3v) is 3.50. The Morgan fingerprint density at radius 3 is 3.05 bits per heavy atom. The van der Waals surface area contributed by atoms with E-state index < -0.39 is 6.04 Å². The summed E-state index contributed by atoms with van der Waals surface area (Å²) >= 11 is 5.95. The zero-order valence-electron chi connectivity index (χ0n) is 10.9. The molecule has 4 nitrogen and oxygen atoms in total. The van der Waals surface area contributed by atoms with Gasteiger partial charge in [-0.25, -0.2) is 4.79 Å². The molecule has 0 saturated carbocycles. The summed E-state index contributed by atoms with van der Waals surface area (Å²) in [7, 11) is 1.40. The van der Waals surface area contributed by atoms with E-state index in [9.17, 15) is 4.79 Å². The Kier molecular flexibility index (Phi) is 5.05. The van der Waals surface area contributed by atoms with Crippen molar-refractivity contribution >= 4 is 23.3 Å². The molecule has 2 rings (SSSR count). The van der Waals surface area contributed by atoms with Crippen molar-refractivity contribution in [2.75, 3.05) is 25.6 Å². The largest absolute Gasteiger partial charge is 0.467 e. The summed E-state index contributed by atoms with van der Waals surface area (Å²) in [5, 5.41) is 3.83. The van der Waals surface area contributed by atoms with E-state index in [2.05, 4.69) is 5.32 Å². The molecule has 2 unspecified atom stereocenters. The molecule has 5 heteroatoms. The molecular weight excluding hydrogens is 266 g/mol. The van der Waals surface area contributed by atoms with E-state index in [1.165, 1.54) is 7.11 Å². The first-order valence-electron chi connectivity index (χ1n) is 6.38. The second-order valence-electron chi connectivity index (χ2n) is 4.63. The molecule has 0 spiro atoms. The molecule has 0 aliphatic carbocycles. The molecule has 2 atom stereocenters. The number of anilines is 1. The number of ether oxygens (including phenoxy) is 2. The summed E-state index contributed by atoms with van der Waals surface area (Å²) < 4.78 is 10.3. The SMILES string of the molecule is COC(=O)C(Nc1cccc(Cl)c1)C1CCCOC1. The van der Waals surface area contributed by atoms with E-state index in [0.29, 0.717) is 11.6 Å². The van der Waals surface area contributed by atoms with Crippen LogP contribution in [0.25, 0.3) is 0 Å². The number of methoxy groups -OCH3 is 1. The lowest BCUT2D eigenvalue weighted by Crippen LogP contribution is -2.41. The molecule has 0 bridgehead atoms. The van der Waals surface area contributed by atoms with Crippen molar-refractivity contribution in [3.05, 3.63) is 29.3 Å². The van der Waals surface area contributed by atoms with Crippen LogP contribution in [0.15, 0.2) is 24.3 Å². The van der Waals surface area contributed by atoms with Crippen molar-refractivity contribution in [1.29, 1.82) is 0 Å². The highest BCUT2D eigenvalue weighted by atomic mass is 35.5. The van der Waals surface area contributed by atoms with Crippen LogP contribution in [0.3, 0.4) is 0 Å². The molecule has 1 fully saturated rings. The Morgan fingerprint density at radius 1 is 1.58 bits per heavy atom. The molecule has 1 aromatic rings. The topological polar surface area (TPSA) is 47.6 Å². The highest BCUT2D eigenvalue weighted by Gasteiger charge is 2.30. The van der Waals surface area contributed by atoms with Gasteiger partial charge >= 0.3 is 5.97 Å². The number of rotatable bonds is 4. The van der Waals surface area contributed by atoms with Crippen molar-refractivity contribution in [2.45, 2.75) is 18.9 Å². The summed E-state index contributed by atoms with van der Waals surface area (Å²) in [6.07, 6.45) is 1.92. The highest BCUT2D eigenvalue weighted by molar-refractivity contribution is 6.30. The standard InChI is InChI=1S/C14H18ClNO3/c1-18-14(17)13(10-4-3-7-19-9-10)16-12-6-2-5-11(15)8-12/h2,5-6,8,10,13,16H,3-4,7,9H2,1H3. The number of benzene rings is 1. The minimum atomic E-state index is -0.399. The Hall–Kier alpha value is -1.26. The lowest BCUT2D eigenvalue weighted by atomic mass is 9.93. The van der Waals surface area contributed by atoms with Crippen LogP contribution in [0.4, 0.5) is 5.69 Å². The van der Waals surface area contributed by atoms with Crippen LogP contribution in [0.2, 0.25) is 5.02 Å². The van der Waals surface area contributed by atoms with Gasteiger partial charge in [-0.2, -0.15) is 0 Å². The van der Waals surface area contributed by atoms with Crippen molar-refractivity contribution in [3.8, 4) is 0 Å². The van der Waals surface area contributed by atoms with Gasteiger partial charge in [-0.1, -0.05) is 17.7 Å². The second kappa shape index (κ2) is 6.78. The Labute approximate surface area is 118 Å². The van der Waals surface area contributed by atoms with Gasteiger partial charge in [-0.15, -0.1) is 0 Å².